The molecule has 0 spiro atoms. The van der Waals surface area contributed by atoms with Crippen LogP contribution >= 0.6 is 0 Å². The first-order chi connectivity index (χ1) is 18.7. The molecule has 3 rings (SSSR count). The van der Waals surface area contributed by atoms with Crippen molar-refractivity contribution in [2.45, 2.75) is 64.4 Å². The van der Waals surface area contributed by atoms with Crippen LogP contribution in [-0.2, 0) is 32.6 Å². The lowest BCUT2D eigenvalue weighted by atomic mass is 10.1. The lowest BCUT2D eigenvalue weighted by Gasteiger charge is -2.33. The van der Waals surface area contributed by atoms with Crippen LogP contribution in [0.15, 0.2) is 83.8 Å². The zero-order valence-electron chi connectivity index (χ0n) is 23.3. The smallest absolute Gasteiger partial charge is 0.264 e. The Bertz CT molecular complexity index is 1340. The zero-order valence-corrected chi connectivity index (χ0v) is 24.1. The lowest BCUT2D eigenvalue weighted by Crippen LogP contribution is -2.52. The molecular formula is C31H39N3O4S. The van der Waals surface area contributed by atoms with E-state index in [4.69, 9.17) is 0 Å². The third-order valence-corrected chi connectivity index (χ3v) is 8.57. The van der Waals surface area contributed by atoms with Crippen molar-refractivity contribution in [2.24, 2.45) is 0 Å². The van der Waals surface area contributed by atoms with Gasteiger partial charge in [0.2, 0.25) is 11.8 Å². The standard InChI is InChI=1S/C31H39N3O4S/c1-5-21-32-31(36)29(7-3)33(22-26-14-12-11-13-24(26)4)30(35)23-34(27-19-17-25(6-2)18-20-27)39(37,38)28-15-9-8-10-16-28/h8-20,29H,5-7,21-23H2,1-4H3,(H,32,36)/t29-/m1/s1. The van der Waals surface area contributed by atoms with E-state index >= 15 is 0 Å². The van der Waals surface area contributed by atoms with Gasteiger partial charge in [-0.2, -0.15) is 0 Å². The van der Waals surface area contributed by atoms with Gasteiger partial charge >= 0.3 is 0 Å². The van der Waals surface area contributed by atoms with E-state index in [0.29, 0.717) is 18.7 Å². The van der Waals surface area contributed by atoms with Crippen molar-refractivity contribution in [2.75, 3.05) is 17.4 Å². The van der Waals surface area contributed by atoms with Gasteiger partial charge in [0, 0.05) is 13.1 Å². The highest BCUT2D eigenvalue weighted by molar-refractivity contribution is 7.92. The summed E-state index contributed by atoms with van der Waals surface area (Å²) in [7, 11) is -4.06. The van der Waals surface area contributed by atoms with Crippen molar-refractivity contribution in [3.8, 4) is 0 Å². The molecule has 0 saturated carbocycles. The summed E-state index contributed by atoms with van der Waals surface area (Å²) >= 11 is 0. The molecule has 1 N–H and O–H groups in total. The lowest BCUT2D eigenvalue weighted by molar-refractivity contribution is -0.140. The molecule has 1 atom stereocenters. The average molecular weight is 550 g/mol. The average Bonchev–Trinajstić information content (AvgIpc) is 2.96. The fourth-order valence-corrected chi connectivity index (χ4v) is 5.84. The van der Waals surface area contributed by atoms with Gasteiger partial charge in [-0.05, 0) is 67.1 Å². The summed E-state index contributed by atoms with van der Waals surface area (Å²) in [5.74, 6) is -0.693. The van der Waals surface area contributed by atoms with Crippen molar-refractivity contribution in [3.63, 3.8) is 0 Å². The topological polar surface area (TPSA) is 86.8 Å². The molecule has 0 aromatic heterocycles. The van der Waals surface area contributed by atoms with Crippen LogP contribution in [0, 0.1) is 6.92 Å². The Morgan fingerprint density at radius 2 is 1.51 bits per heavy atom. The van der Waals surface area contributed by atoms with E-state index in [1.165, 1.54) is 17.0 Å². The molecule has 0 fully saturated rings. The van der Waals surface area contributed by atoms with Gasteiger partial charge in [-0.1, -0.05) is 75.4 Å². The molecule has 3 aromatic rings. The summed E-state index contributed by atoms with van der Waals surface area (Å²) in [5.41, 5.74) is 3.34. The first-order valence-electron chi connectivity index (χ1n) is 13.5. The largest absolute Gasteiger partial charge is 0.354 e. The quantitative estimate of drug-likeness (QED) is 0.322. The van der Waals surface area contributed by atoms with E-state index in [9.17, 15) is 18.0 Å². The first-order valence-corrected chi connectivity index (χ1v) is 14.9. The Labute approximate surface area is 232 Å². The van der Waals surface area contributed by atoms with Gasteiger partial charge in [-0.15, -0.1) is 0 Å². The highest BCUT2D eigenvalue weighted by atomic mass is 32.2. The van der Waals surface area contributed by atoms with Crippen LogP contribution in [0.3, 0.4) is 0 Å². The Morgan fingerprint density at radius 1 is 0.872 bits per heavy atom. The van der Waals surface area contributed by atoms with Gasteiger partial charge in [0.15, 0.2) is 0 Å². The van der Waals surface area contributed by atoms with E-state index in [0.717, 1.165) is 33.8 Å². The fourth-order valence-electron chi connectivity index (χ4n) is 4.40. The Balaban J connectivity index is 2.05. The van der Waals surface area contributed by atoms with Gasteiger partial charge in [0.1, 0.15) is 12.6 Å². The number of benzene rings is 3. The van der Waals surface area contributed by atoms with E-state index in [2.05, 4.69) is 5.32 Å². The summed E-state index contributed by atoms with van der Waals surface area (Å²) in [6, 6.07) is 22.2. The predicted octanol–water partition coefficient (Wildman–Crippen LogP) is 5.09. The fraction of sp³-hybridized carbons (Fsp3) is 0.355. The minimum Gasteiger partial charge on any atom is -0.354 e. The number of hydrogen-bond donors (Lipinski definition) is 1. The second-order valence-corrected chi connectivity index (χ2v) is 11.4. The SMILES string of the molecule is CCCNC(=O)[C@@H](CC)N(Cc1ccccc1C)C(=O)CN(c1ccc(CC)cc1)S(=O)(=O)c1ccccc1. The van der Waals surface area contributed by atoms with Crippen molar-refractivity contribution in [3.05, 3.63) is 95.6 Å². The summed E-state index contributed by atoms with van der Waals surface area (Å²) in [4.78, 5) is 28.8. The molecule has 39 heavy (non-hydrogen) atoms. The van der Waals surface area contributed by atoms with Crippen LogP contribution in [0.25, 0.3) is 0 Å². The van der Waals surface area contributed by atoms with Crippen molar-refractivity contribution in [1.29, 1.82) is 0 Å². The maximum absolute atomic E-state index is 14.1. The number of rotatable bonds is 13. The summed E-state index contributed by atoms with van der Waals surface area (Å²) < 4.78 is 28.8. The molecule has 0 aliphatic carbocycles. The van der Waals surface area contributed by atoms with Crippen LogP contribution in [-0.4, -0.2) is 44.3 Å². The van der Waals surface area contributed by atoms with Crippen LogP contribution < -0.4 is 9.62 Å². The molecule has 0 aliphatic heterocycles. The number of carbonyl (C=O) groups excluding carboxylic acids is 2. The van der Waals surface area contributed by atoms with Gasteiger partial charge in [0.05, 0.1) is 10.6 Å². The zero-order chi connectivity index (χ0) is 28.4. The van der Waals surface area contributed by atoms with E-state index < -0.39 is 28.5 Å². The van der Waals surface area contributed by atoms with Crippen molar-refractivity contribution < 1.29 is 18.0 Å². The third kappa shape index (κ3) is 7.47. The molecule has 7 nitrogen and oxygen atoms in total. The number of aryl methyl sites for hydroxylation is 2. The molecule has 8 heteroatoms. The maximum atomic E-state index is 14.1. The molecule has 0 saturated heterocycles. The molecule has 3 aromatic carbocycles. The van der Waals surface area contributed by atoms with Crippen LogP contribution in [0.4, 0.5) is 5.69 Å². The molecule has 0 radical (unpaired) electrons. The number of anilines is 1. The first kappa shape index (κ1) is 29.9. The number of nitrogens with one attached hydrogen (secondary N) is 1. The van der Waals surface area contributed by atoms with E-state index in [1.807, 2.05) is 64.1 Å². The molecule has 2 amide bonds. The van der Waals surface area contributed by atoms with Gasteiger partial charge in [-0.25, -0.2) is 8.42 Å². The van der Waals surface area contributed by atoms with Crippen LogP contribution in [0.2, 0.25) is 0 Å². The highest BCUT2D eigenvalue weighted by Crippen LogP contribution is 2.25. The molecule has 0 heterocycles. The van der Waals surface area contributed by atoms with Gasteiger partial charge < -0.3 is 10.2 Å². The molecular weight excluding hydrogens is 510 g/mol. The maximum Gasteiger partial charge on any atom is 0.264 e. The van der Waals surface area contributed by atoms with Crippen LogP contribution in [0.1, 0.15) is 50.3 Å². The Kier molecular flexibility index (Phi) is 10.7. The van der Waals surface area contributed by atoms with Gasteiger partial charge in [0.25, 0.3) is 10.0 Å². The van der Waals surface area contributed by atoms with E-state index in [-0.39, 0.29) is 17.3 Å². The third-order valence-electron chi connectivity index (χ3n) is 6.78. The molecule has 208 valence electrons. The predicted molar refractivity (Wildman–Crippen MR) is 156 cm³/mol. The Morgan fingerprint density at radius 3 is 2.10 bits per heavy atom. The summed E-state index contributed by atoms with van der Waals surface area (Å²) in [6.07, 6.45) is 1.97. The minimum absolute atomic E-state index is 0.0931. The summed E-state index contributed by atoms with van der Waals surface area (Å²) in [6.45, 7) is 8.06. The number of sulfonamides is 1. The van der Waals surface area contributed by atoms with E-state index in [1.54, 1.807) is 30.3 Å². The monoisotopic (exact) mass is 549 g/mol. The van der Waals surface area contributed by atoms with Gasteiger partial charge in [-0.3, -0.25) is 13.9 Å². The number of nitrogens with zero attached hydrogens (tertiary/aromatic N) is 2. The number of amides is 2. The molecule has 0 unspecified atom stereocenters. The number of carbonyl (C=O) groups is 2. The molecule has 0 bridgehead atoms. The second kappa shape index (κ2) is 13.9. The molecule has 0 aliphatic rings. The highest BCUT2D eigenvalue weighted by Gasteiger charge is 2.33. The summed E-state index contributed by atoms with van der Waals surface area (Å²) in [5, 5.41) is 2.91. The Hall–Kier alpha value is -3.65. The number of hydrogen-bond acceptors (Lipinski definition) is 4. The normalized spacial score (nSPS) is 12.0. The van der Waals surface area contributed by atoms with Crippen molar-refractivity contribution >= 4 is 27.5 Å². The second-order valence-electron chi connectivity index (χ2n) is 9.51. The van der Waals surface area contributed by atoms with Crippen LogP contribution in [0.5, 0.6) is 0 Å². The van der Waals surface area contributed by atoms with Crippen molar-refractivity contribution in [1.82, 2.24) is 10.2 Å². The minimum atomic E-state index is -4.06.